The summed E-state index contributed by atoms with van der Waals surface area (Å²) in [7, 11) is 1.96. The maximum atomic E-state index is 5.82. The van der Waals surface area contributed by atoms with E-state index in [1.54, 1.807) is 0 Å². The van der Waals surface area contributed by atoms with E-state index in [0.717, 1.165) is 10.8 Å². The van der Waals surface area contributed by atoms with Gasteiger partial charge in [-0.15, -0.1) is 11.8 Å². The molecule has 0 spiro atoms. The van der Waals surface area contributed by atoms with Gasteiger partial charge in [0.1, 0.15) is 0 Å². The Bertz CT molecular complexity index is 321. The first-order chi connectivity index (χ1) is 7.13. The Kier molecular flexibility index (Phi) is 5.23. The van der Waals surface area contributed by atoms with Crippen LogP contribution in [0.15, 0.2) is 41.3 Å². The highest BCUT2D eigenvalue weighted by Gasteiger charge is 2.06. The normalized spacial score (nSPS) is 12.5. The van der Waals surface area contributed by atoms with Gasteiger partial charge in [0, 0.05) is 21.7 Å². The van der Waals surface area contributed by atoms with Crippen LogP contribution in [0.3, 0.4) is 0 Å². The van der Waals surface area contributed by atoms with E-state index in [9.17, 15) is 0 Å². The standard InChI is InChI=1S/C12H16ClNS/c1-9(2)12(14-3)8-15-11-6-4-10(13)5-7-11/h4-7,12,14H,1,8H2,2-3H3. The van der Waals surface area contributed by atoms with Gasteiger partial charge in [-0.3, -0.25) is 0 Å². The Balaban J connectivity index is 2.49. The number of halogens is 1. The first-order valence-electron chi connectivity index (χ1n) is 4.84. The maximum absolute atomic E-state index is 5.82. The molecule has 1 aromatic carbocycles. The molecule has 1 N–H and O–H groups in total. The van der Waals surface area contributed by atoms with Crippen molar-refractivity contribution in [2.24, 2.45) is 0 Å². The first kappa shape index (κ1) is 12.6. The average molecular weight is 242 g/mol. The van der Waals surface area contributed by atoms with Crippen molar-refractivity contribution in [3.63, 3.8) is 0 Å². The summed E-state index contributed by atoms with van der Waals surface area (Å²) in [5, 5.41) is 4.02. The van der Waals surface area contributed by atoms with E-state index in [-0.39, 0.29) is 0 Å². The van der Waals surface area contributed by atoms with Gasteiger partial charge in [0.25, 0.3) is 0 Å². The highest BCUT2D eigenvalue weighted by atomic mass is 35.5. The molecule has 1 aromatic rings. The van der Waals surface area contributed by atoms with Crippen LogP contribution < -0.4 is 5.32 Å². The minimum Gasteiger partial charge on any atom is -0.313 e. The zero-order chi connectivity index (χ0) is 11.3. The topological polar surface area (TPSA) is 12.0 Å². The van der Waals surface area contributed by atoms with Crippen molar-refractivity contribution >= 4 is 23.4 Å². The summed E-state index contributed by atoms with van der Waals surface area (Å²) in [6.45, 7) is 6.00. The van der Waals surface area contributed by atoms with Crippen molar-refractivity contribution in [2.75, 3.05) is 12.8 Å². The van der Waals surface area contributed by atoms with Gasteiger partial charge in [-0.05, 0) is 38.2 Å². The van der Waals surface area contributed by atoms with Gasteiger partial charge in [-0.25, -0.2) is 0 Å². The number of thioether (sulfide) groups is 1. The fourth-order valence-electron chi connectivity index (χ4n) is 1.18. The molecule has 0 aliphatic rings. The van der Waals surface area contributed by atoms with Gasteiger partial charge in [0.2, 0.25) is 0 Å². The van der Waals surface area contributed by atoms with Crippen LogP contribution in [-0.2, 0) is 0 Å². The van der Waals surface area contributed by atoms with Gasteiger partial charge in [0.15, 0.2) is 0 Å². The van der Waals surface area contributed by atoms with E-state index in [2.05, 4.69) is 11.9 Å². The highest BCUT2D eigenvalue weighted by molar-refractivity contribution is 7.99. The summed E-state index contributed by atoms with van der Waals surface area (Å²) >= 11 is 7.62. The molecule has 0 saturated heterocycles. The Morgan fingerprint density at radius 3 is 2.53 bits per heavy atom. The van der Waals surface area contributed by atoms with Crippen molar-refractivity contribution in [3.05, 3.63) is 41.4 Å². The van der Waals surface area contributed by atoms with Crippen LogP contribution in [0.1, 0.15) is 6.92 Å². The Hall–Kier alpha value is -0.440. The largest absolute Gasteiger partial charge is 0.313 e. The Labute approximate surface area is 101 Å². The minimum atomic E-state index is 0.366. The minimum absolute atomic E-state index is 0.366. The van der Waals surface area contributed by atoms with Gasteiger partial charge in [-0.2, -0.15) is 0 Å². The number of hydrogen-bond donors (Lipinski definition) is 1. The number of benzene rings is 1. The van der Waals surface area contributed by atoms with E-state index >= 15 is 0 Å². The second-order valence-electron chi connectivity index (χ2n) is 3.45. The molecule has 0 heterocycles. The maximum Gasteiger partial charge on any atom is 0.0406 e. The first-order valence-corrected chi connectivity index (χ1v) is 6.21. The highest BCUT2D eigenvalue weighted by Crippen LogP contribution is 2.22. The van der Waals surface area contributed by atoms with Crippen LogP contribution in [0.2, 0.25) is 5.02 Å². The smallest absolute Gasteiger partial charge is 0.0406 e. The van der Waals surface area contributed by atoms with Gasteiger partial charge in [0.05, 0.1) is 0 Å². The third-order valence-corrected chi connectivity index (χ3v) is 3.53. The van der Waals surface area contributed by atoms with Crippen molar-refractivity contribution in [2.45, 2.75) is 17.9 Å². The number of nitrogens with one attached hydrogen (secondary N) is 1. The molecule has 82 valence electrons. The second-order valence-corrected chi connectivity index (χ2v) is 4.98. The van der Waals surface area contributed by atoms with Crippen LogP contribution in [0, 0.1) is 0 Å². The van der Waals surface area contributed by atoms with E-state index in [4.69, 9.17) is 11.6 Å². The third-order valence-electron chi connectivity index (χ3n) is 2.17. The summed E-state index contributed by atoms with van der Waals surface area (Å²) in [5.41, 5.74) is 1.17. The lowest BCUT2D eigenvalue weighted by molar-refractivity contribution is 0.703. The van der Waals surface area contributed by atoms with E-state index in [1.165, 1.54) is 10.5 Å². The lowest BCUT2D eigenvalue weighted by Crippen LogP contribution is -2.28. The summed E-state index contributed by atoms with van der Waals surface area (Å²) in [6.07, 6.45) is 0. The monoisotopic (exact) mass is 241 g/mol. The molecule has 0 aliphatic carbocycles. The molecule has 0 bridgehead atoms. The zero-order valence-electron chi connectivity index (χ0n) is 9.09. The van der Waals surface area contributed by atoms with Gasteiger partial charge in [-0.1, -0.05) is 23.8 Å². The van der Waals surface area contributed by atoms with Crippen molar-refractivity contribution < 1.29 is 0 Å². The Morgan fingerprint density at radius 1 is 1.47 bits per heavy atom. The van der Waals surface area contributed by atoms with Crippen LogP contribution in [-0.4, -0.2) is 18.8 Å². The lowest BCUT2D eigenvalue weighted by atomic mass is 10.2. The molecule has 1 atom stereocenters. The number of likely N-dealkylation sites (N-methyl/N-ethyl adjacent to an activating group) is 1. The average Bonchev–Trinajstić information content (AvgIpc) is 2.21. The molecule has 1 nitrogen and oxygen atoms in total. The molecule has 1 rings (SSSR count). The summed E-state index contributed by atoms with van der Waals surface area (Å²) in [5.74, 6) is 0.994. The summed E-state index contributed by atoms with van der Waals surface area (Å²) < 4.78 is 0. The molecule has 15 heavy (non-hydrogen) atoms. The van der Waals surface area contributed by atoms with Crippen molar-refractivity contribution in [1.29, 1.82) is 0 Å². The molecule has 0 aliphatic heterocycles. The van der Waals surface area contributed by atoms with Crippen LogP contribution in [0.4, 0.5) is 0 Å². The van der Waals surface area contributed by atoms with Crippen molar-refractivity contribution in [1.82, 2.24) is 5.32 Å². The van der Waals surface area contributed by atoms with Crippen LogP contribution >= 0.6 is 23.4 Å². The van der Waals surface area contributed by atoms with Crippen LogP contribution in [0.5, 0.6) is 0 Å². The fraction of sp³-hybridized carbons (Fsp3) is 0.333. The zero-order valence-corrected chi connectivity index (χ0v) is 10.7. The molecule has 0 aromatic heterocycles. The van der Waals surface area contributed by atoms with Crippen LogP contribution in [0.25, 0.3) is 0 Å². The van der Waals surface area contributed by atoms with E-state index in [1.807, 2.05) is 50.0 Å². The molecular weight excluding hydrogens is 226 g/mol. The predicted molar refractivity (Wildman–Crippen MR) is 69.8 cm³/mol. The van der Waals surface area contributed by atoms with Crippen molar-refractivity contribution in [3.8, 4) is 0 Å². The SMILES string of the molecule is C=C(C)C(CSc1ccc(Cl)cc1)NC. The fourth-order valence-corrected chi connectivity index (χ4v) is 2.45. The molecule has 0 fully saturated rings. The Morgan fingerprint density at radius 2 is 2.07 bits per heavy atom. The summed E-state index contributed by atoms with van der Waals surface area (Å²) in [6, 6.07) is 8.28. The van der Waals surface area contributed by atoms with E-state index < -0.39 is 0 Å². The van der Waals surface area contributed by atoms with Gasteiger partial charge >= 0.3 is 0 Å². The van der Waals surface area contributed by atoms with Gasteiger partial charge < -0.3 is 5.32 Å². The third kappa shape index (κ3) is 4.29. The van der Waals surface area contributed by atoms with E-state index in [0.29, 0.717) is 6.04 Å². The molecule has 1 unspecified atom stereocenters. The molecule has 3 heteroatoms. The quantitative estimate of drug-likeness (QED) is 0.625. The summed E-state index contributed by atoms with van der Waals surface area (Å²) in [4.78, 5) is 1.24. The molecular formula is C12H16ClNS. The number of rotatable bonds is 5. The molecule has 0 amide bonds. The molecule has 0 radical (unpaired) electrons. The predicted octanol–water partition coefficient (Wildman–Crippen LogP) is 3.60. The second kappa shape index (κ2) is 6.21. The number of hydrogen-bond acceptors (Lipinski definition) is 2. The molecule has 0 saturated carbocycles. The lowest BCUT2D eigenvalue weighted by Gasteiger charge is -2.15.